The zero-order valence-corrected chi connectivity index (χ0v) is 10.6. The Kier molecular flexibility index (Phi) is 4.84. The number of rotatable bonds is 5. The smallest absolute Gasteiger partial charge is 0.163 e. The molecule has 0 aliphatic carbocycles. The summed E-state index contributed by atoms with van der Waals surface area (Å²) in [7, 11) is 0. The van der Waals surface area contributed by atoms with Crippen LogP contribution in [0.25, 0.3) is 0 Å². The average Bonchev–Trinajstić information content (AvgIpc) is 2.40. The van der Waals surface area contributed by atoms with Crippen LogP contribution in [0.1, 0.15) is 36.0 Å². The molecule has 1 aromatic heterocycles. The van der Waals surface area contributed by atoms with E-state index in [1.807, 2.05) is 0 Å². The number of carbonyl (C=O) groups is 1. The molecule has 1 aromatic rings. The highest BCUT2D eigenvalue weighted by Gasteiger charge is 2.17. The van der Waals surface area contributed by atoms with E-state index in [9.17, 15) is 9.90 Å². The lowest BCUT2D eigenvalue weighted by atomic mass is 10.1. The highest BCUT2D eigenvalue weighted by Crippen LogP contribution is 2.11. The van der Waals surface area contributed by atoms with E-state index >= 15 is 0 Å². The number of hydrogen-bond acceptors (Lipinski definition) is 4. The Morgan fingerprint density at radius 1 is 1.44 bits per heavy atom. The number of piperidine rings is 1. The maximum atomic E-state index is 11.9. The molecule has 4 nitrogen and oxygen atoms in total. The minimum atomic E-state index is -0.186. The lowest BCUT2D eigenvalue weighted by molar-refractivity contribution is 0.0692. The standard InChI is InChI=1S/C14H20N2O2/c17-13-3-1-9-16(11-13)10-2-4-14(18)12-5-7-15-8-6-12/h5-8,13,17H,1-4,9-11H2. The molecule has 18 heavy (non-hydrogen) atoms. The van der Waals surface area contributed by atoms with Gasteiger partial charge in [-0.05, 0) is 44.5 Å². The molecule has 1 N–H and O–H groups in total. The van der Waals surface area contributed by atoms with E-state index in [4.69, 9.17) is 0 Å². The number of Topliss-reactive ketones (excluding diaryl/α,β-unsaturated/α-hetero) is 1. The highest BCUT2D eigenvalue weighted by atomic mass is 16.3. The number of aliphatic hydroxyl groups is 1. The number of aromatic nitrogens is 1. The summed E-state index contributed by atoms with van der Waals surface area (Å²) in [5, 5.41) is 9.55. The van der Waals surface area contributed by atoms with Crippen molar-refractivity contribution in [3.8, 4) is 0 Å². The molecule has 0 amide bonds. The van der Waals surface area contributed by atoms with Crippen molar-refractivity contribution >= 4 is 5.78 Å². The SMILES string of the molecule is O=C(CCCN1CCCC(O)C1)c1ccncc1. The van der Waals surface area contributed by atoms with Crippen molar-refractivity contribution in [2.24, 2.45) is 0 Å². The van der Waals surface area contributed by atoms with Crippen LogP contribution in [0, 0.1) is 0 Å². The van der Waals surface area contributed by atoms with Gasteiger partial charge < -0.3 is 10.0 Å². The van der Waals surface area contributed by atoms with E-state index in [1.54, 1.807) is 24.5 Å². The Bertz CT molecular complexity index is 381. The molecule has 1 aliphatic rings. The summed E-state index contributed by atoms with van der Waals surface area (Å²) in [5.74, 6) is 0.176. The summed E-state index contributed by atoms with van der Waals surface area (Å²) >= 11 is 0. The Morgan fingerprint density at radius 2 is 2.22 bits per heavy atom. The van der Waals surface area contributed by atoms with Crippen molar-refractivity contribution in [1.29, 1.82) is 0 Å². The maximum Gasteiger partial charge on any atom is 0.163 e. The van der Waals surface area contributed by atoms with Gasteiger partial charge in [0.1, 0.15) is 0 Å². The summed E-state index contributed by atoms with van der Waals surface area (Å²) in [6.45, 7) is 2.69. The van der Waals surface area contributed by atoms with Crippen LogP contribution < -0.4 is 0 Å². The molecule has 1 saturated heterocycles. The summed E-state index contributed by atoms with van der Waals surface area (Å²) in [5.41, 5.74) is 0.740. The molecule has 4 heteroatoms. The van der Waals surface area contributed by atoms with Gasteiger partial charge in [0.15, 0.2) is 5.78 Å². The van der Waals surface area contributed by atoms with E-state index in [0.29, 0.717) is 6.42 Å². The van der Waals surface area contributed by atoms with E-state index < -0.39 is 0 Å². The molecule has 0 saturated carbocycles. The van der Waals surface area contributed by atoms with Crippen molar-refractivity contribution in [3.05, 3.63) is 30.1 Å². The van der Waals surface area contributed by atoms with Gasteiger partial charge >= 0.3 is 0 Å². The fourth-order valence-corrected chi connectivity index (χ4v) is 2.38. The van der Waals surface area contributed by atoms with E-state index in [0.717, 1.165) is 44.5 Å². The Labute approximate surface area is 108 Å². The summed E-state index contributed by atoms with van der Waals surface area (Å²) in [6, 6.07) is 3.51. The molecule has 0 radical (unpaired) electrons. The first-order chi connectivity index (χ1) is 8.75. The molecular weight excluding hydrogens is 228 g/mol. The van der Waals surface area contributed by atoms with Crippen molar-refractivity contribution < 1.29 is 9.90 Å². The first-order valence-electron chi connectivity index (χ1n) is 6.59. The molecular formula is C14H20N2O2. The predicted octanol–water partition coefficient (Wildman–Crippen LogP) is 1.50. The molecule has 0 aromatic carbocycles. The van der Waals surface area contributed by atoms with Gasteiger partial charge in [-0.3, -0.25) is 9.78 Å². The number of carbonyl (C=O) groups excluding carboxylic acids is 1. The number of β-amino-alcohol motifs (C(OH)–C–C–N with tert-alkyl or cyclic N) is 1. The lowest BCUT2D eigenvalue weighted by Crippen LogP contribution is -2.38. The molecule has 0 bridgehead atoms. The van der Waals surface area contributed by atoms with Crippen LogP contribution >= 0.6 is 0 Å². The van der Waals surface area contributed by atoms with Gasteiger partial charge in [0, 0.05) is 30.9 Å². The normalized spacial score (nSPS) is 20.8. The molecule has 0 spiro atoms. The second-order valence-corrected chi connectivity index (χ2v) is 4.86. The molecule has 2 heterocycles. The van der Waals surface area contributed by atoms with E-state index in [-0.39, 0.29) is 11.9 Å². The monoisotopic (exact) mass is 248 g/mol. The topological polar surface area (TPSA) is 53.4 Å². The number of hydrogen-bond donors (Lipinski definition) is 1. The van der Waals surface area contributed by atoms with Crippen LogP contribution in [-0.2, 0) is 0 Å². The third-order valence-electron chi connectivity index (χ3n) is 3.36. The molecule has 2 rings (SSSR count). The van der Waals surface area contributed by atoms with Crippen LogP contribution in [0.3, 0.4) is 0 Å². The van der Waals surface area contributed by atoms with Crippen LogP contribution in [0.15, 0.2) is 24.5 Å². The van der Waals surface area contributed by atoms with Crippen LogP contribution in [0.4, 0.5) is 0 Å². The first-order valence-corrected chi connectivity index (χ1v) is 6.59. The third-order valence-corrected chi connectivity index (χ3v) is 3.36. The fraction of sp³-hybridized carbons (Fsp3) is 0.571. The lowest BCUT2D eigenvalue weighted by Gasteiger charge is -2.29. The maximum absolute atomic E-state index is 11.9. The molecule has 1 fully saturated rings. The van der Waals surface area contributed by atoms with Gasteiger partial charge in [-0.1, -0.05) is 0 Å². The number of ketones is 1. The zero-order valence-electron chi connectivity index (χ0n) is 10.6. The molecule has 1 aliphatic heterocycles. The van der Waals surface area contributed by atoms with E-state index in [2.05, 4.69) is 9.88 Å². The number of aliphatic hydroxyl groups excluding tert-OH is 1. The van der Waals surface area contributed by atoms with Gasteiger partial charge in [0.25, 0.3) is 0 Å². The fourth-order valence-electron chi connectivity index (χ4n) is 2.38. The number of likely N-dealkylation sites (tertiary alicyclic amines) is 1. The summed E-state index contributed by atoms with van der Waals surface area (Å²) in [6.07, 6.45) is 6.49. The Balaban J connectivity index is 1.70. The van der Waals surface area contributed by atoms with Crippen molar-refractivity contribution in [1.82, 2.24) is 9.88 Å². The molecule has 1 atom stereocenters. The minimum Gasteiger partial charge on any atom is -0.392 e. The van der Waals surface area contributed by atoms with Gasteiger partial charge in [-0.25, -0.2) is 0 Å². The van der Waals surface area contributed by atoms with Crippen molar-refractivity contribution in [2.75, 3.05) is 19.6 Å². The average molecular weight is 248 g/mol. The van der Waals surface area contributed by atoms with E-state index in [1.165, 1.54) is 0 Å². The van der Waals surface area contributed by atoms with Crippen LogP contribution in [0.5, 0.6) is 0 Å². The summed E-state index contributed by atoms with van der Waals surface area (Å²) < 4.78 is 0. The number of nitrogens with zero attached hydrogens (tertiary/aromatic N) is 2. The van der Waals surface area contributed by atoms with Crippen LogP contribution in [-0.4, -0.2) is 46.5 Å². The number of pyridine rings is 1. The Hall–Kier alpha value is -1.26. The van der Waals surface area contributed by atoms with Gasteiger partial charge in [-0.15, -0.1) is 0 Å². The van der Waals surface area contributed by atoms with Gasteiger partial charge in [0.2, 0.25) is 0 Å². The Morgan fingerprint density at radius 3 is 2.94 bits per heavy atom. The first kappa shape index (κ1) is 13.2. The largest absolute Gasteiger partial charge is 0.392 e. The van der Waals surface area contributed by atoms with Crippen molar-refractivity contribution in [3.63, 3.8) is 0 Å². The van der Waals surface area contributed by atoms with Gasteiger partial charge in [0.05, 0.1) is 6.10 Å². The van der Waals surface area contributed by atoms with Gasteiger partial charge in [-0.2, -0.15) is 0 Å². The molecule has 98 valence electrons. The zero-order chi connectivity index (χ0) is 12.8. The summed E-state index contributed by atoms with van der Waals surface area (Å²) in [4.78, 5) is 18.0. The third kappa shape index (κ3) is 3.89. The highest BCUT2D eigenvalue weighted by molar-refractivity contribution is 5.95. The quantitative estimate of drug-likeness (QED) is 0.802. The molecule has 1 unspecified atom stereocenters. The predicted molar refractivity (Wildman–Crippen MR) is 69.5 cm³/mol. The second kappa shape index (κ2) is 6.61. The second-order valence-electron chi connectivity index (χ2n) is 4.86. The minimum absolute atomic E-state index is 0.176. The van der Waals surface area contributed by atoms with Crippen molar-refractivity contribution in [2.45, 2.75) is 31.8 Å². The van der Waals surface area contributed by atoms with Crippen LogP contribution in [0.2, 0.25) is 0 Å².